The van der Waals surface area contributed by atoms with Crippen LogP contribution in [0.5, 0.6) is 0 Å². The van der Waals surface area contributed by atoms with Gasteiger partial charge in [0.1, 0.15) is 17.2 Å². The number of likely N-dealkylation sites (tertiary alicyclic amines) is 1. The number of amides is 3. The number of anilines is 3. The van der Waals surface area contributed by atoms with Gasteiger partial charge in [0.25, 0.3) is 0 Å². The van der Waals surface area contributed by atoms with Crippen molar-refractivity contribution in [3.05, 3.63) is 95.6 Å². The van der Waals surface area contributed by atoms with Gasteiger partial charge in [-0.3, -0.25) is 14.9 Å². The van der Waals surface area contributed by atoms with E-state index in [1.807, 2.05) is 11.9 Å². The van der Waals surface area contributed by atoms with Gasteiger partial charge in [0, 0.05) is 36.3 Å². The molecule has 3 amide bonds. The zero-order chi connectivity index (χ0) is 30.4. The Labute approximate surface area is 243 Å². The van der Waals surface area contributed by atoms with Gasteiger partial charge < -0.3 is 20.3 Å². The van der Waals surface area contributed by atoms with Crippen LogP contribution in [0.4, 0.5) is 30.6 Å². The summed E-state index contributed by atoms with van der Waals surface area (Å²) in [6.07, 6.45) is 1.90. The maximum absolute atomic E-state index is 15.1. The maximum atomic E-state index is 15.1. The van der Waals surface area contributed by atoms with E-state index in [0.717, 1.165) is 0 Å². The second kappa shape index (κ2) is 12.9. The van der Waals surface area contributed by atoms with Crippen molar-refractivity contribution in [2.45, 2.75) is 32.3 Å². The van der Waals surface area contributed by atoms with E-state index in [1.54, 1.807) is 57.2 Å². The molecule has 3 N–H and O–H groups in total. The van der Waals surface area contributed by atoms with Crippen molar-refractivity contribution in [1.29, 1.82) is 0 Å². The first-order valence-electron chi connectivity index (χ1n) is 13.5. The van der Waals surface area contributed by atoms with E-state index >= 15 is 4.39 Å². The average molecular weight is 577 g/mol. The van der Waals surface area contributed by atoms with Crippen LogP contribution in [0.2, 0.25) is 0 Å². The van der Waals surface area contributed by atoms with E-state index < -0.39 is 35.2 Å². The van der Waals surface area contributed by atoms with Crippen molar-refractivity contribution in [1.82, 2.24) is 4.90 Å². The number of halogens is 2. The predicted octanol–water partition coefficient (Wildman–Crippen LogP) is 6.25. The Morgan fingerprint density at radius 3 is 2.21 bits per heavy atom. The molecule has 0 spiro atoms. The Morgan fingerprint density at radius 2 is 1.57 bits per heavy atom. The largest absolute Gasteiger partial charge is 0.444 e. The Morgan fingerprint density at radius 1 is 0.905 bits per heavy atom. The second-order valence-electron chi connectivity index (χ2n) is 11.2. The molecule has 3 aromatic rings. The summed E-state index contributed by atoms with van der Waals surface area (Å²) in [4.78, 5) is 39.8. The minimum Gasteiger partial charge on any atom is -0.444 e. The third-order valence-corrected chi connectivity index (χ3v) is 6.64. The topological polar surface area (TPSA) is 99.8 Å². The smallest absolute Gasteiger partial charge is 0.412 e. The fraction of sp³-hybridized carbons (Fsp3) is 0.281. The molecule has 3 aromatic carbocycles. The summed E-state index contributed by atoms with van der Waals surface area (Å²) in [5, 5.41) is 8.12. The molecule has 2 atom stereocenters. The third-order valence-electron chi connectivity index (χ3n) is 6.64. The number of benzene rings is 3. The van der Waals surface area contributed by atoms with Crippen LogP contribution < -0.4 is 16.0 Å². The molecule has 0 saturated carbocycles. The number of carbonyl (C=O) groups is 3. The van der Waals surface area contributed by atoms with E-state index in [0.29, 0.717) is 35.7 Å². The quantitative estimate of drug-likeness (QED) is 0.289. The van der Waals surface area contributed by atoms with Gasteiger partial charge in [0.05, 0.1) is 17.3 Å². The number of ether oxygens (including phenoxy) is 1. The van der Waals surface area contributed by atoms with E-state index in [-0.39, 0.29) is 17.4 Å². The molecule has 1 aliphatic rings. The molecule has 1 aliphatic heterocycles. The molecule has 1 heterocycles. The van der Waals surface area contributed by atoms with Gasteiger partial charge in [-0.1, -0.05) is 24.3 Å². The second-order valence-corrected chi connectivity index (χ2v) is 11.2. The van der Waals surface area contributed by atoms with Crippen LogP contribution in [0.3, 0.4) is 0 Å². The molecule has 0 aliphatic carbocycles. The number of hydrogen-bond donors (Lipinski definition) is 3. The summed E-state index contributed by atoms with van der Waals surface area (Å²) in [7, 11) is 1.89. The minimum absolute atomic E-state index is 0.202. The lowest BCUT2D eigenvalue weighted by atomic mass is 9.87. The predicted molar refractivity (Wildman–Crippen MR) is 159 cm³/mol. The minimum atomic E-state index is -0.685. The van der Waals surface area contributed by atoms with Crippen molar-refractivity contribution in [3.63, 3.8) is 0 Å². The standard InChI is InChI=1S/C32H34F2N4O4/c1-32(2,3)42-31(41)37-28-8-6-5-7-27(28)36-29(39)16-11-20-9-10-21(17-26(20)34)24-18-38(4)19-25(24)30(40)35-23-14-12-22(33)13-15-23/h5-17,24-25H,18-19H2,1-4H3,(H,35,40)(H,36,39)(H,37,41)/b16-11+. The normalized spacial score (nSPS) is 17.2. The molecule has 10 heteroatoms. The summed E-state index contributed by atoms with van der Waals surface area (Å²) in [5.74, 6) is -2.35. The monoisotopic (exact) mass is 576 g/mol. The zero-order valence-electron chi connectivity index (χ0n) is 23.9. The first-order valence-corrected chi connectivity index (χ1v) is 13.5. The molecular weight excluding hydrogens is 542 g/mol. The molecular formula is C32H34F2N4O4. The van der Waals surface area contributed by atoms with Crippen molar-refractivity contribution in [2.24, 2.45) is 5.92 Å². The summed E-state index contributed by atoms with van der Waals surface area (Å²) >= 11 is 0. The van der Waals surface area contributed by atoms with Crippen LogP contribution in [0.15, 0.2) is 72.8 Å². The summed E-state index contributed by atoms with van der Waals surface area (Å²) in [6.45, 7) is 6.29. The van der Waals surface area contributed by atoms with E-state index in [1.165, 1.54) is 42.5 Å². The van der Waals surface area contributed by atoms with Gasteiger partial charge in [-0.25, -0.2) is 13.6 Å². The molecule has 1 saturated heterocycles. The van der Waals surface area contributed by atoms with Crippen LogP contribution >= 0.6 is 0 Å². The van der Waals surface area contributed by atoms with Crippen LogP contribution in [-0.2, 0) is 14.3 Å². The third kappa shape index (κ3) is 8.23. The van der Waals surface area contributed by atoms with Gasteiger partial charge >= 0.3 is 6.09 Å². The summed E-state index contributed by atoms with van der Waals surface area (Å²) in [6, 6.07) is 16.9. The highest BCUT2D eigenvalue weighted by Gasteiger charge is 2.37. The van der Waals surface area contributed by atoms with Crippen molar-refractivity contribution >= 4 is 41.0 Å². The fourth-order valence-corrected chi connectivity index (χ4v) is 4.74. The Hall–Kier alpha value is -4.57. The number of hydrogen-bond acceptors (Lipinski definition) is 5. The highest BCUT2D eigenvalue weighted by molar-refractivity contribution is 6.05. The molecule has 4 rings (SSSR count). The van der Waals surface area contributed by atoms with E-state index in [4.69, 9.17) is 4.74 Å². The van der Waals surface area contributed by atoms with Crippen LogP contribution in [0.25, 0.3) is 6.08 Å². The molecule has 2 unspecified atom stereocenters. The highest BCUT2D eigenvalue weighted by Crippen LogP contribution is 2.34. The summed E-state index contributed by atoms with van der Waals surface area (Å²) in [5.41, 5.74) is 1.37. The zero-order valence-corrected chi connectivity index (χ0v) is 23.9. The molecule has 1 fully saturated rings. The lowest BCUT2D eigenvalue weighted by molar-refractivity contribution is -0.119. The SMILES string of the molecule is CN1CC(C(=O)Nc2ccc(F)cc2)C(c2ccc(/C=C/C(=O)Nc3ccccc3NC(=O)OC(C)(C)C)c(F)c2)C1. The lowest BCUT2D eigenvalue weighted by Gasteiger charge is -2.20. The first-order chi connectivity index (χ1) is 19.9. The molecule has 0 bridgehead atoms. The fourth-order valence-electron chi connectivity index (χ4n) is 4.74. The van der Waals surface area contributed by atoms with Crippen molar-refractivity contribution in [2.75, 3.05) is 36.1 Å². The van der Waals surface area contributed by atoms with Gasteiger partial charge in [-0.15, -0.1) is 0 Å². The van der Waals surface area contributed by atoms with Crippen molar-refractivity contribution < 1.29 is 27.9 Å². The van der Waals surface area contributed by atoms with Gasteiger partial charge in [-0.2, -0.15) is 0 Å². The number of rotatable bonds is 7. The molecule has 220 valence electrons. The lowest BCUT2D eigenvalue weighted by Crippen LogP contribution is -2.28. The van der Waals surface area contributed by atoms with E-state index in [9.17, 15) is 18.8 Å². The van der Waals surface area contributed by atoms with Gasteiger partial charge in [0.15, 0.2) is 0 Å². The molecule has 42 heavy (non-hydrogen) atoms. The molecule has 0 radical (unpaired) electrons. The Kier molecular flexibility index (Phi) is 9.37. The van der Waals surface area contributed by atoms with Crippen LogP contribution in [0, 0.1) is 17.6 Å². The Bertz CT molecular complexity index is 1480. The molecule has 8 nitrogen and oxygen atoms in total. The number of para-hydroxylation sites is 2. The van der Waals surface area contributed by atoms with Crippen LogP contribution in [0.1, 0.15) is 37.8 Å². The highest BCUT2D eigenvalue weighted by atomic mass is 19.1. The maximum Gasteiger partial charge on any atom is 0.412 e. The Balaban J connectivity index is 1.42. The summed E-state index contributed by atoms with van der Waals surface area (Å²) < 4.78 is 33.6. The number of likely N-dealkylation sites (N-methyl/N-ethyl adjacent to an activating group) is 1. The van der Waals surface area contributed by atoms with Crippen LogP contribution in [-0.4, -0.2) is 48.5 Å². The average Bonchev–Trinajstić information content (AvgIpc) is 3.31. The molecule has 0 aromatic heterocycles. The number of carbonyl (C=O) groups excluding carboxylic acids is 3. The number of nitrogens with one attached hydrogen (secondary N) is 3. The van der Waals surface area contributed by atoms with Crippen molar-refractivity contribution in [3.8, 4) is 0 Å². The first kappa shape index (κ1) is 30.4. The number of nitrogens with zero attached hydrogens (tertiary/aromatic N) is 1. The van der Waals surface area contributed by atoms with Gasteiger partial charge in [0.2, 0.25) is 11.8 Å². The van der Waals surface area contributed by atoms with E-state index in [2.05, 4.69) is 16.0 Å². The van der Waals surface area contributed by atoms with Gasteiger partial charge in [-0.05, 0) is 81.9 Å².